The largest absolute Gasteiger partial charge is 0.508 e. The summed E-state index contributed by atoms with van der Waals surface area (Å²) in [5.41, 5.74) is 0. The lowest BCUT2D eigenvalue weighted by Crippen LogP contribution is -1.94. The standard InChI is InChI=1S/C11H12Cl2O2/c1-3-8(4-2)15-11-9(12)5-7(14)6-10(11)13/h3,5-6,14H,4H2,1-2H3. The monoisotopic (exact) mass is 246 g/mol. The maximum Gasteiger partial charge on any atom is 0.164 e. The SMILES string of the molecule is CC=C(CC)Oc1c(Cl)cc(O)cc1Cl. The molecular weight excluding hydrogens is 235 g/mol. The summed E-state index contributed by atoms with van der Waals surface area (Å²) in [4.78, 5) is 0. The van der Waals surface area contributed by atoms with Gasteiger partial charge in [-0.25, -0.2) is 0 Å². The molecule has 0 spiro atoms. The third-order valence-electron chi connectivity index (χ3n) is 1.89. The topological polar surface area (TPSA) is 29.5 Å². The molecule has 0 heterocycles. The van der Waals surface area contributed by atoms with E-state index in [1.807, 2.05) is 19.9 Å². The normalized spacial score (nSPS) is 11.6. The van der Waals surface area contributed by atoms with Gasteiger partial charge in [0.05, 0.1) is 15.8 Å². The fourth-order valence-corrected chi connectivity index (χ4v) is 1.66. The predicted octanol–water partition coefficient (Wildman–Crippen LogP) is 4.39. The fourth-order valence-electron chi connectivity index (χ4n) is 1.11. The van der Waals surface area contributed by atoms with Gasteiger partial charge in [-0.15, -0.1) is 0 Å². The number of rotatable bonds is 3. The van der Waals surface area contributed by atoms with Gasteiger partial charge in [0, 0.05) is 18.6 Å². The van der Waals surface area contributed by atoms with Gasteiger partial charge in [-0.05, 0) is 13.0 Å². The van der Waals surface area contributed by atoms with Crippen molar-refractivity contribution in [1.29, 1.82) is 0 Å². The van der Waals surface area contributed by atoms with Crippen molar-refractivity contribution in [3.8, 4) is 11.5 Å². The predicted molar refractivity (Wildman–Crippen MR) is 62.8 cm³/mol. The zero-order chi connectivity index (χ0) is 11.4. The van der Waals surface area contributed by atoms with E-state index in [2.05, 4.69) is 0 Å². The molecule has 0 atom stereocenters. The molecule has 0 saturated carbocycles. The number of halogens is 2. The van der Waals surface area contributed by atoms with Gasteiger partial charge in [-0.1, -0.05) is 30.1 Å². The molecule has 0 saturated heterocycles. The van der Waals surface area contributed by atoms with E-state index in [0.717, 1.165) is 12.2 Å². The minimum Gasteiger partial charge on any atom is -0.508 e. The highest BCUT2D eigenvalue weighted by Crippen LogP contribution is 2.37. The molecule has 0 fully saturated rings. The van der Waals surface area contributed by atoms with Crippen molar-refractivity contribution in [3.63, 3.8) is 0 Å². The summed E-state index contributed by atoms with van der Waals surface area (Å²) in [6, 6.07) is 2.79. The first-order chi connectivity index (χ1) is 7.08. The maximum absolute atomic E-state index is 9.23. The molecule has 0 aliphatic rings. The number of hydrogen-bond acceptors (Lipinski definition) is 2. The van der Waals surface area contributed by atoms with Gasteiger partial charge < -0.3 is 9.84 Å². The van der Waals surface area contributed by atoms with Crippen LogP contribution in [0.15, 0.2) is 24.0 Å². The van der Waals surface area contributed by atoms with Crippen molar-refractivity contribution in [2.24, 2.45) is 0 Å². The molecule has 1 aromatic carbocycles. The number of ether oxygens (including phenoxy) is 1. The fraction of sp³-hybridized carbons (Fsp3) is 0.273. The van der Waals surface area contributed by atoms with Crippen LogP contribution in [0, 0.1) is 0 Å². The summed E-state index contributed by atoms with van der Waals surface area (Å²) >= 11 is 11.8. The second-order valence-electron chi connectivity index (χ2n) is 2.95. The molecule has 0 unspecified atom stereocenters. The first-order valence-electron chi connectivity index (χ1n) is 4.59. The molecule has 0 bridgehead atoms. The Bertz CT molecular complexity index is 363. The molecule has 82 valence electrons. The summed E-state index contributed by atoms with van der Waals surface area (Å²) < 4.78 is 5.52. The van der Waals surface area contributed by atoms with Crippen LogP contribution in [-0.2, 0) is 0 Å². The minimum absolute atomic E-state index is 0.0240. The third-order valence-corrected chi connectivity index (χ3v) is 2.45. The number of phenolic OH excluding ortho intramolecular Hbond substituents is 1. The summed E-state index contributed by atoms with van der Waals surface area (Å²) in [7, 11) is 0. The van der Waals surface area contributed by atoms with Crippen molar-refractivity contribution in [1.82, 2.24) is 0 Å². The smallest absolute Gasteiger partial charge is 0.164 e. The Morgan fingerprint density at radius 1 is 1.40 bits per heavy atom. The Morgan fingerprint density at radius 2 is 1.93 bits per heavy atom. The van der Waals surface area contributed by atoms with Crippen molar-refractivity contribution in [2.45, 2.75) is 20.3 Å². The quantitative estimate of drug-likeness (QED) is 0.802. The van der Waals surface area contributed by atoms with Crippen LogP contribution in [0.25, 0.3) is 0 Å². The second kappa shape index (κ2) is 5.29. The van der Waals surface area contributed by atoms with Crippen LogP contribution in [0.4, 0.5) is 0 Å². The van der Waals surface area contributed by atoms with Crippen molar-refractivity contribution >= 4 is 23.2 Å². The number of hydrogen-bond donors (Lipinski definition) is 1. The average Bonchev–Trinajstić information content (AvgIpc) is 2.17. The van der Waals surface area contributed by atoms with E-state index < -0.39 is 0 Å². The van der Waals surface area contributed by atoms with Crippen LogP contribution in [0.5, 0.6) is 11.5 Å². The Labute approximate surface area is 99.1 Å². The maximum atomic E-state index is 9.23. The molecule has 0 amide bonds. The second-order valence-corrected chi connectivity index (χ2v) is 3.76. The molecule has 0 aliphatic heterocycles. The number of phenols is 1. The Hall–Kier alpha value is -0.860. The van der Waals surface area contributed by atoms with E-state index in [0.29, 0.717) is 15.8 Å². The van der Waals surface area contributed by atoms with Crippen molar-refractivity contribution in [3.05, 3.63) is 34.0 Å². The molecule has 15 heavy (non-hydrogen) atoms. The Balaban J connectivity index is 3.05. The highest BCUT2D eigenvalue weighted by Gasteiger charge is 2.10. The van der Waals surface area contributed by atoms with Gasteiger partial charge >= 0.3 is 0 Å². The van der Waals surface area contributed by atoms with E-state index in [1.165, 1.54) is 12.1 Å². The van der Waals surface area contributed by atoms with E-state index in [-0.39, 0.29) is 5.75 Å². The highest BCUT2D eigenvalue weighted by molar-refractivity contribution is 6.37. The van der Waals surface area contributed by atoms with E-state index in [9.17, 15) is 5.11 Å². The first kappa shape index (κ1) is 12.2. The summed E-state index contributed by atoms with van der Waals surface area (Å²) in [5, 5.41) is 9.83. The van der Waals surface area contributed by atoms with Crippen LogP contribution in [-0.4, -0.2) is 5.11 Å². The number of allylic oxidation sites excluding steroid dienone is 2. The van der Waals surface area contributed by atoms with Gasteiger partial charge in [0.25, 0.3) is 0 Å². The van der Waals surface area contributed by atoms with Gasteiger partial charge in [-0.3, -0.25) is 0 Å². The van der Waals surface area contributed by atoms with Gasteiger partial charge in [0.2, 0.25) is 0 Å². The molecular formula is C11H12Cl2O2. The van der Waals surface area contributed by atoms with E-state index in [1.54, 1.807) is 0 Å². The highest BCUT2D eigenvalue weighted by atomic mass is 35.5. The molecule has 0 radical (unpaired) electrons. The van der Waals surface area contributed by atoms with E-state index in [4.69, 9.17) is 27.9 Å². The zero-order valence-corrected chi connectivity index (χ0v) is 10.1. The summed E-state index contributed by atoms with van der Waals surface area (Å²) in [5.74, 6) is 1.19. The van der Waals surface area contributed by atoms with Crippen molar-refractivity contribution < 1.29 is 9.84 Å². The van der Waals surface area contributed by atoms with Crippen LogP contribution < -0.4 is 4.74 Å². The molecule has 2 nitrogen and oxygen atoms in total. The van der Waals surface area contributed by atoms with Gasteiger partial charge in [0.1, 0.15) is 5.75 Å². The van der Waals surface area contributed by atoms with E-state index >= 15 is 0 Å². The Kier molecular flexibility index (Phi) is 4.30. The first-order valence-corrected chi connectivity index (χ1v) is 5.35. The molecule has 4 heteroatoms. The average molecular weight is 247 g/mol. The van der Waals surface area contributed by atoms with Gasteiger partial charge in [-0.2, -0.15) is 0 Å². The molecule has 0 aromatic heterocycles. The summed E-state index contributed by atoms with van der Waals surface area (Å²) in [6.07, 6.45) is 2.60. The van der Waals surface area contributed by atoms with Crippen LogP contribution >= 0.6 is 23.2 Å². The lowest BCUT2D eigenvalue weighted by atomic mass is 10.3. The van der Waals surface area contributed by atoms with Crippen molar-refractivity contribution in [2.75, 3.05) is 0 Å². The Morgan fingerprint density at radius 3 is 2.33 bits per heavy atom. The van der Waals surface area contributed by atoms with Crippen LogP contribution in [0.1, 0.15) is 20.3 Å². The third kappa shape index (κ3) is 3.05. The van der Waals surface area contributed by atoms with Crippen LogP contribution in [0.2, 0.25) is 10.0 Å². The van der Waals surface area contributed by atoms with Crippen LogP contribution in [0.3, 0.4) is 0 Å². The number of benzene rings is 1. The molecule has 1 N–H and O–H groups in total. The molecule has 1 rings (SSSR count). The molecule has 1 aromatic rings. The molecule has 0 aliphatic carbocycles. The zero-order valence-electron chi connectivity index (χ0n) is 8.55. The lowest BCUT2D eigenvalue weighted by Gasteiger charge is -2.11. The van der Waals surface area contributed by atoms with Gasteiger partial charge in [0.15, 0.2) is 5.75 Å². The minimum atomic E-state index is 0.0240. The lowest BCUT2D eigenvalue weighted by molar-refractivity contribution is 0.406. The summed E-state index contributed by atoms with van der Waals surface area (Å²) in [6.45, 7) is 3.85. The number of aromatic hydroxyl groups is 1.